The second kappa shape index (κ2) is 2.47. The molecule has 0 amide bonds. The number of carboxylic acids is 1. The minimum Gasteiger partial charge on any atom is -0.479 e. The fourth-order valence-corrected chi connectivity index (χ4v) is 0.211. The fraction of sp³-hybridized carbons (Fsp3) is 0.400. The van der Waals surface area contributed by atoms with Crippen LogP contribution < -0.4 is 0 Å². The third-order valence-electron chi connectivity index (χ3n) is 0.701. The third kappa shape index (κ3) is 1.75. The summed E-state index contributed by atoms with van der Waals surface area (Å²) in [6.45, 7) is 4.70. The molecule has 3 nitrogen and oxygen atoms in total. The first kappa shape index (κ1) is 7.17. The lowest BCUT2D eigenvalue weighted by atomic mass is 10.2. The van der Waals surface area contributed by atoms with Gasteiger partial charge in [0.05, 0.1) is 0 Å². The second-order valence-electron chi connectivity index (χ2n) is 1.59. The van der Waals surface area contributed by atoms with E-state index < -0.39 is 12.1 Å². The Bertz CT molecular complexity index is 103. The largest absolute Gasteiger partial charge is 0.479 e. The Morgan fingerprint density at radius 1 is 1.75 bits per heavy atom. The molecule has 46 valence electrons. The van der Waals surface area contributed by atoms with Gasteiger partial charge in [-0.2, -0.15) is 0 Å². The Kier molecular flexibility index (Phi) is 2.21. The van der Waals surface area contributed by atoms with Crippen LogP contribution in [-0.2, 0) is 4.79 Å². The van der Waals surface area contributed by atoms with E-state index in [9.17, 15) is 4.79 Å². The maximum absolute atomic E-state index is 9.83. The van der Waals surface area contributed by atoms with Gasteiger partial charge in [0.2, 0.25) is 0 Å². The highest BCUT2D eigenvalue weighted by Gasteiger charge is 2.11. The molecule has 0 unspecified atom stereocenters. The molecule has 0 radical (unpaired) electrons. The van der Waals surface area contributed by atoms with E-state index in [1.165, 1.54) is 6.92 Å². The quantitative estimate of drug-likeness (QED) is 0.499. The van der Waals surface area contributed by atoms with Crippen molar-refractivity contribution in [2.75, 3.05) is 0 Å². The van der Waals surface area contributed by atoms with Crippen molar-refractivity contribution >= 4 is 5.97 Å². The lowest BCUT2D eigenvalue weighted by molar-refractivity contribution is -0.144. The standard InChI is InChI=1S/C5H8O3/c1-3(2)4(6)5(7)8/h4,6H,1H2,2H3,(H,7,8)/t4-/m0/s1. The van der Waals surface area contributed by atoms with Crippen molar-refractivity contribution < 1.29 is 15.0 Å². The van der Waals surface area contributed by atoms with E-state index in [4.69, 9.17) is 10.2 Å². The van der Waals surface area contributed by atoms with Gasteiger partial charge in [0.1, 0.15) is 0 Å². The highest BCUT2D eigenvalue weighted by Crippen LogP contribution is 1.95. The van der Waals surface area contributed by atoms with Gasteiger partial charge >= 0.3 is 5.97 Å². The zero-order chi connectivity index (χ0) is 6.73. The normalized spacial score (nSPS) is 12.8. The maximum Gasteiger partial charge on any atom is 0.336 e. The minimum atomic E-state index is -1.41. The average molecular weight is 116 g/mol. The molecule has 0 saturated heterocycles. The summed E-state index contributed by atoms with van der Waals surface area (Å²) in [4.78, 5) is 9.83. The summed E-state index contributed by atoms with van der Waals surface area (Å²) in [7, 11) is 0. The van der Waals surface area contributed by atoms with E-state index in [1.54, 1.807) is 0 Å². The monoisotopic (exact) mass is 116 g/mol. The van der Waals surface area contributed by atoms with Crippen LogP contribution in [0.5, 0.6) is 0 Å². The molecule has 3 heteroatoms. The average Bonchev–Trinajstić information content (AvgIpc) is 1.64. The van der Waals surface area contributed by atoms with E-state index in [1.807, 2.05) is 0 Å². The predicted molar refractivity (Wildman–Crippen MR) is 28.5 cm³/mol. The van der Waals surface area contributed by atoms with Crippen LogP contribution in [0.2, 0.25) is 0 Å². The zero-order valence-electron chi connectivity index (χ0n) is 4.59. The summed E-state index contributed by atoms with van der Waals surface area (Å²) >= 11 is 0. The number of aliphatic hydroxyl groups is 1. The van der Waals surface area contributed by atoms with Crippen LogP contribution in [0.1, 0.15) is 6.92 Å². The van der Waals surface area contributed by atoms with Gasteiger partial charge in [-0.25, -0.2) is 4.79 Å². The summed E-state index contributed by atoms with van der Waals surface area (Å²) in [6.07, 6.45) is -1.41. The molecule has 0 aromatic heterocycles. The van der Waals surface area contributed by atoms with Gasteiger partial charge in [-0.3, -0.25) is 0 Å². The van der Waals surface area contributed by atoms with Gasteiger partial charge in [-0.1, -0.05) is 6.58 Å². The Labute approximate surface area is 47.3 Å². The molecule has 0 saturated carbocycles. The van der Waals surface area contributed by atoms with Crippen LogP contribution in [0, 0.1) is 0 Å². The summed E-state index contributed by atoms with van der Waals surface area (Å²) in [5.74, 6) is -1.25. The van der Waals surface area contributed by atoms with Crippen molar-refractivity contribution in [3.8, 4) is 0 Å². The minimum absolute atomic E-state index is 0.248. The summed E-state index contributed by atoms with van der Waals surface area (Å²) in [5.41, 5.74) is 0.248. The number of rotatable bonds is 2. The van der Waals surface area contributed by atoms with Crippen LogP contribution in [0.4, 0.5) is 0 Å². The maximum atomic E-state index is 9.83. The molecule has 0 aromatic rings. The van der Waals surface area contributed by atoms with Crippen molar-refractivity contribution in [2.45, 2.75) is 13.0 Å². The molecular formula is C5H8O3. The van der Waals surface area contributed by atoms with E-state index in [0.717, 1.165) is 0 Å². The molecule has 0 aliphatic rings. The molecule has 0 rings (SSSR count). The molecular weight excluding hydrogens is 108 g/mol. The third-order valence-corrected chi connectivity index (χ3v) is 0.701. The van der Waals surface area contributed by atoms with Crippen LogP contribution in [-0.4, -0.2) is 22.3 Å². The first-order valence-electron chi connectivity index (χ1n) is 2.12. The molecule has 0 spiro atoms. The first-order valence-corrected chi connectivity index (χ1v) is 2.12. The highest BCUT2D eigenvalue weighted by atomic mass is 16.4. The van der Waals surface area contributed by atoms with Gasteiger partial charge in [-0.15, -0.1) is 0 Å². The smallest absolute Gasteiger partial charge is 0.336 e. The van der Waals surface area contributed by atoms with Gasteiger partial charge in [-0.05, 0) is 12.5 Å². The van der Waals surface area contributed by atoms with Gasteiger partial charge < -0.3 is 10.2 Å². The number of aliphatic carboxylic acids is 1. The molecule has 0 aliphatic heterocycles. The molecule has 8 heavy (non-hydrogen) atoms. The SMILES string of the molecule is C=C(C)[C@H](O)C(=O)O. The number of carbonyl (C=O) groups is 1. The lowest BCUT2D eigenvalue weighted by Crippen LogP contribution is -2.19. The Morgan fingerprint density at radius 2 is 2.12 bits per heavy atom. The summed E-state index contributed by atoms with van der Waals surface area (Å²) < 4.78 is 0. The van der Waals surface area contributed by atoms with Crippen LogP contribution in [0.15, 0.2) is 12.2 Å². The second-order valence-corrected chi connectivity index (χ2v) is 1.59. The molecule has 0 bridgehead atoms. The van der Waals surface area contributed by atoms with Crippen LogP contribution >= 0.6 is 0 Å². The molecule has 0 aromatic carbocycles. The van der Waals surface area contributed by atoms with E-state index in [0.29, 0.717) is 0 Å². The van der Waals surface area contributed by atoms with Crippen LogP contribution in [0.25, 0.3) is 0 Å². The molecule has 2 N–H and O–H groups in total. The number of hydrogen-bond acceptors (Lipinski definition) is 2. The molecule has 0 fully saturated rings. The molecule has 1 atom stereocenters. The van der Waals surface area contributed by atoms with Crippen molar-refractivity contribution in [3.05, 3.63) is 12.2 Å². The Hall–Kier alpha value is -0.830. The fourth-order valence-electron chi connectivity index (χ4n) is 0.211. The van der Waals surface area contributed by atoms with Gasteiger partial charge in [0, 0.05) is 0 Å². The first-order chi connectivity index (χ1) is 3.55. The highest BCUT2D eigenvalue weighted by molar-refractivity contribution is 5.75. The topological polar surface area (TPSA) is 57.5 Å². The number of carboxylic acid groups (broad SMARTS) is 1. The molecule has 0 aliphatic carbocycles. The van der Waals surface area contributed by atoms with Crippen molar-refractivity contribution in [1.82, 2.24) is 0 Å². The van der Waals surface area contributed by atoms with Crippen LogP contribution in [0.3, 0.4) is 0 Å². The summed E-state index contributed by atoms with van der Waals surface area (Å²) in [5, 5.41) is 16.5. The van der Waals surface area contributed by atoms with E-state index in [-0.39, 0.29) is 5.57 Å². The van der Waals surface area contributed by atoms with Crippen molar-refractivity contribution in [1.29, 1.82) is 0 Å². The van der Waals surface area contributed by atoms with Crippen molar-refractivity contribution in [2.24, 2.45) is 0 Å². The Morgan fingerprint density at radius 3 is 2.12 bits per heavy atom. The number of aliphatic hydroxyl groups excluding tert-OH is 1. The van der Waals surface area contributed by atoms with Crippen molar-refractivity contribution in [3.63, 3.8) is 0 Å². The van der Waals surface area contributed by atoms with Gasteiger partial charge in [0.15, 0.2) is 6.10 Å². The van der Waals surface area contributed by atoms with E-state index in [2.05, 4.69) is 6.58 Å². The zero-order valence-corrected chi connectivity index (χ0v) is 4.59. The van der Waals surface area contributed by atoms with Gasteiger partial charge in [0.25, 0.3) is 0 Å². The Balaban J connectivity index is 3.83. The summed E-state index contributed by atoms with van der Waals surface area (Å²) in [6, 6.07) is 0. The molecule has 0 heterocycles. The van der Waals surface area contributed by atoms with E-state index >= 15 is 0 Å². The predicted octanol–water partition coefficient (Wildman–Crippen LogP) is 0.00800. The number of hydrogen-bond donors (Lipinski definition) is 2. The lowest BCUT2D eigenvalue weighted by Gasteiger charge is -2.00.